The predicted octanol–water partition coefficient (Wildman–Crippen LogP) is 3.00. The van der Waals surface area contributed by atoms with Crippen LogP contribution in [-0.2, 0) is 20.0 Å². The summed E-state index contributed by atoms with van der Waals surface area (Å²) in [6, 6.07) is 9.02. The van der Waals surface area contributed by atoms with E-state index in [9.17, 15) is 14.0 Å². The summed E-state index contributed by atoms with van der Waals surface area (Å²) >= 11 is 0. The quantitative estimate of drug-likeness (QED) is 0.406. The highest BCUT2D eigenvalue weighted by molar-refractivity contribution is 6.01. The molecule has 38 heavy (non-hydrogen) atoms. The van der Waals surface area contributed by atoms with Crippen molar-refractivity contribution in [3.63, 3.8) is 0 Å². The van der Waals surface area contributed by atoms with Crippen molar-refractivity contribution in [1.29, 1.82) is 0 Å². The van der Waals surface area contributed by atoms with Gasteiger partial charge in [0.05, 0.1) is 22.8 Å². The monoisotopic (exact) mass is 517 g/mol. The first-order valence-electron chi connectivity index (χ1n) is 13.1. The molecule has 4 heterocycles. The molecular weight excluding hydrogens is 485 g/mol. The maximum Gasteiger partial charge on any atom is 0.272 e. The molecule has 1 aromatic carbocycles. The second kappa shape index (κ2) is 9.20. The fourth-order valence-electron chi connectivity index (χ4n) is 5.35. The van der Waals surface area contributed by atoms with Gasteiger partial charge in [0, 0.05) is 51.7 Å². The van der Waals surface area contributed by atoms with E-state index in [2.05, 4.69) is 15.2 Å². The molecular formula is C28H32FN7O2. The Kier molecular flexibility index (Phi) is 5.94. The molecule has 1 aliphatic heterocycles. The number of carbonyl (C=O) groups excluding carboxylic acids is 2. The summed E-state index contributed by atoms with van der Waals surface area (Å²) in [6.45, 7) is 0.874. The van der Waals surface area contributed by atoms with Gasteiger partial charge in [0.2, 0.25) is 0 Å². The van der Waals surface area contributed by atoms with Gasteiger partial charge in [0.1, 0.15) is 18.0 Å². The lowest BCUT2D eigenvalue weighted by Gasteiger charge is -2.30. The van der Waals surface area contributed by atoms with Crippen LogP contribution in [0, 0.1) is 5.92 Å². The second-order valence-corrected chi connectivity index (χ2v) is 10.8. The molecule has 4 aromatic rings. The number of rotatable bonds is 7. The van der Waals surface area contributed by atoms with Crippen molar-refractivity contribution in [3.05, 3.63) is 47.2 Å². The van der Waals surface area contributed by atoms with Crippen LogP contribution in [0.4, 0.5) is 4.39 Å². The zero-order valence-corrected chi connectivity index (χ0v) is 21.9. The number of nitrogens with zero attached hydrogens (tertiary/aromatic N) is 6. The van der Waals surface area contributed by atoms with E-state index in [0.29, 0.717) is 30.1 Å². The molecule has 1 saturated carbocycles. The van der Waals surface area contributed by atoms with Crippen LogP contribution in [0.5, 0.6) is 0 Å². The van der Waals surface area contributed by atoms with Gasteiger partial charge in [-0.1, -0.05) is 0 Å². The molecule has 1 unspecified atom stereocenters. The highest BCUT2D eigenvalue weighted by atomic mass is 19.1. The van der Waals surface area contributed by atoms with Gasteiger partial charge < -0.3 is 24.7 Å². The third-order valence-electron chi connectivity index (χ3n) is 7.66. The molecule has 6 rings (SSSR count). The summed E-state index contributed by atoms with van der Waals surface area (Å²) in [4.78, 5) is 38.7. The van der Waals surface area contributed by atoms with Crippen LogP contribution in [-0.4, -0.2) is 80.6 Å². The van der Waals surface area contributed by atoms with Crippen LogP contribution in [0.25, 0.3) is 33.6 Å². The fraction of sp³-hybridized carbons (Fsp3) is 0.429. The lowest BCUT2D eigenvalue weighted by molar-refractivity contribution is 0.0724. The highest BCUT2D eigenvalue weighted by Crippen LogP contribution is 2.36. The maximum absolute atomic E-state index is 13.2. The number of hydrogen-bond donors (Lipinski definition) is 1. The topological polar surface area (TPSA) is 102 Å². The zero-order valence-electron chi connectivity index (χ0n) is 21.9. The van der Waals surface area contributed by atoms with Crippen molar-refractivity contribution in [2.24, 2.45) is 18.7 Å². The number of carbonyl (C=O) groups is 2. The van der Waals surface area contributed by atoms with Crippen molar-refractivity contribution in [2.45, 2.75) is 31.8 Å². The number of aryl methyl sites for hydroxylation is 1. The zero-order chi connectivity index (χ0) is 26.7. The number of alkyl halides is 1. The lowest BCUT2D eigenvalue weighted by Crippen LogP contribution is -2.45. The molecule has 2 N–H and O–H groups in total. The summed E-state index contributed by atoms with van der Waals surface area (Å²) in [5.41, 5.74) is 11.1. The first kappa shape index (κ1) is 24.5. The van der Waals surface area contributed by atoms with Gasteiger partial charge in [-0.15, -0.1) is 0 Å². The van der Waals surface area contributed by atoms with E-state index < -0.39 is 12.7 Å². The third-order valence-corrected chi connectivity index (χ3v) is 7.66. The first-order valence-corrected chi connectivity index (χ1v) is 13.1. The summed E-state index contributed by atoms with van der Waals surface area (Å²) < 4.78 is 17.2. The van der Waals surface area contributed by atoms with Gasteiger partial charge in [0.25, 0.3) is 11.8 Å². The Balaban J connectivity index is 1.45. The molecule has 1 atom stereocenters. The Labute approximate surface area is 220 Å². The Morgan fingerprint density at radius 3 is 2.71 bits per heavy atom. The minimum atomic E-state index is -0.679. The molecule has 2 amide bonds. The van der Waals surface area contributed by atoms with Gasteiger partial charge in [-0.05, 0) is 61.1 Å². The van der Waals surface area contributed by atoms with Crippen LogP contribution >= 0.6 is 0 Å². The van der Waals surface area contributed by atoms with Crippen molar-refractivity contribution in [3.8, 4) is 11.5 Å². The van der Waals surface area contributed by atoms with Gasteiger partial charge in [-0.2, -0.15) is 0 Å². The van der Waals surface area contributed by atoms with Crippen LogP contribution in [0.2, 0.25) is 0 Å². The first-order chi connectivity index (χ1) is 18.2. The average molecular weight is 518 g/mol. The fourth-order valence-corrected chi connectivity index (χ4v) is 5.35. The summed E-state index contributed by atoms with van der Waals surface area (Å²) in [7, 11) is 5.43. The molecule has 1 aliphatic carbocycles. The van der Waals surface area contributed by atoms with E-state index in [1.165, 1.54) is 17.7 Å². The van der Waals surface area contributed by atoms with Gasteiger partial charge in [-0.3, -0.25) is 9.59 Å². The number of hydrogen-bond acceptors (Lipinski definition) is 5. The minimum Gasteiger partial charge on any atom is -0.343 e. The van der Waals surface area contributed by atoms with E-state index in [1.807, 2.05) is 25.2 Å². The third kappa shape index (κ3) is 4.13. The van der Waals surface area contributed by atoms with E-state index in [4.69, 9.17) is 15.7 Å². The van der Waals surface area contributed by atoms with E-state index in [-0.39, 0.29) is 18.4 Å². The number of benzene rings is 1. The second-order valence-electron chi connectivity index (χ2n) is 10.8. The Hall–Kier alpha value is -3.79. The summed E-state index contributed by atoms with van der Waals surface area (Å²) in [5, 5.41) is 0.956. The van der Waals surface area contributed by atoms with Crippen LogP contribution in [0.1, 0.15) is 39.3 Å². The number of aromatic nitrogens is 4. The molecule has 0 bridgehead atoms. The maximum atomic E-state index is 13.2. The summed E-state index contributed by atoms with van der Waals surface area (Å²) in [6.07, 6.45) is 3.04. The lowest BCUT2D eigenvalue weighted by atomic mass is 9.97. The van der Waals surface area contributed by atoms with E-state index in [1.54, 1.807) is 25.1 Å². The standard InChI is InChI=1S/C28H32FN7O2/c1-33(2)28(38)21-7-6-18-11-24(36(25(18)31-21)14-16-4-5-16)26-32-22-12-20-17(10-23(22)34(26)3)8-9-35(27(20)37)15-19(30)13-29/h6-7,10-12,16,19H,4-5,8-9,13-15,30H2,1-3H3. The van der Waals surface area contributed by atoms with Gasteiger partial charge in [-0.25, -0.2) is 14.4 Å². The van der Waals surface area contributed by atoms with Gasteiger partial charge >= 0.3 is 0 Å². The molecule has 10 heteroatoms. The van der Waals surface area contributed by atoms with Crippen molar-refractivity contribution >= 4 is 33.9 Å². The highest BCUT2D eigenvalue weighted by Gasteiger charge is 2.29. The van der Waals surface area contributed by atoms with Gasteiger partial charge in [0.15, 0.2) is 5.82 Å². The average Bonchev–Trinajstić information content (AvgIpc) is 3.59. The molecule has 0 spiro atoms. The molecule has 0 saturated heterocycles. The number of pyridine rings is 1. The van der Waals surface area contributed by atoms with Crippen LogP contribution in [0.15, 0.2) is 30.3 Å². The molecule has 2 aliphatic rings. The number of halogens is 1. The normalized spacial score (nSPS) is 16.3. The Morgan fingerprint density at radius 2 is 2.00 bits per heavy atom. The smallest absolute Gasteiger partial charge is 0.272 e. The van der Waals surface area contributed by atoms with Crippen molar-refractivity contribution < 1.29 is 14.0 Å². The molecule has 198 valence electrons. The summed E-state index contributed by atoms with van der Waals surface area (Å²) in [5.74, 6) is 1.10. The van der Waals surface area contributed by atoms with Crippen molar-refractivity contribution in [1.82, 2.24) is 28.9 Å². The predicted molar refractivity (Wildman–Crippen MR) is 144 cm³/mol. The number of nitrogens with two attached hydrogens (primary N) is 1. The SMILES string of the molecule is CN(C)C(=O)c1ccc2cc(-c3nc4cc5c(cc4n3C)CCN(CC(N)CF)C5=O)n(CC3CC3)c2n1. The van der Waals surface area contributed by atoms with Crippen molar-refractivity contribution in [2.75, 3.05) is 33.9 Å². The molecule has 0 radical (unpaired) electrons. The number of imidazole rings is 1. The molecule has 3 aromatic heterocycles. The molecule has 1 fully saturated rings. The van der Waals surface area contributed by atoms with Crippen LogP contribution < -0.4 is 5.73 Å². The molecule has 9 nitrogen and oxygen atoms in total. The van der Waals surface area contributed by atoms with E-state index >= 15 is 0 Å². The Morgan fingerprint density at radius 1 is 1.21 bits per heavy atom. The number of amides is 2. The van der Waals surface area contributed by atoms with Crippen LogP contribution in [0.3, 0.4) is 0 Å². The minimum absolute atomic E-state index is 0.130. The Bertz CT molecular complexity index is 1580. The largest absolute Gasteiger partial charge is 0.343 e. The van der Waals surface area contributed by atoms with E-state index in [0.717, 1.165) is 45.7 Å². The number of fused-ring (bicyclic) bond motifs is 3.